The molecule has 25 heavy (non-hydrogen) atoms. The molecule has 2 atom stereocenters. The van der Waals surface area contributed by atoms with E-state index in [0.717, 1.165) is 11.1 Å². The molecule has 124 valence electrons. The van der Waals surface area contributed by atoms with Crippen LogP contribution in [0.3, 0.4) is 0 Å². The number of hydrogen-bond acceptors (Lipinski definition) is 5. The van der Waals surface area contributed by atoms with E-state index >= 15 is 0 Å². The molecule has 0 aromatic heterocycles. The predicted octanol–water partition coefficient (Wildman–Crippen LogP) is 2.70. The number of allylic oxidation sites excluding steroid dienone is 2. The van der Waals surface area contributed by atoms with Gasteiger partial charge >= 0.3 is 0 Å². The van der Waals surface area contributed by atoms with E-state index in [0.29, 0.717) is 18.1 Å². The van der Waals surface area contributed by atoms with Gasteiger partial charge in [0.25, 0.3) is 0 Å². The zero-order chi connectivity index (χ0) is 18.2. The van der Waals surface area contributed by atoms with Crippen LogP contribution in [0.1, 0.15) is 11.5 Å². The molecule has 0 amide bonds. The van der Waals surface area contributed by atoms with Crippen molar-refractivity contribution in [3.8, 4) is 18.2 Å². The van der Waals surface area contributed by atoms with E-state index < -0.39 is 11.3 Å². The Morgan fingerprint density at radius 3 is 2.40 bits per heavy atom. The molecule has 0 radical (unpaired) electrons. The van der Waals surface area contributed by atoms with Crippen molar-refractivity contribution < 1.29 is 0 Å². The average molecular weight is 350 g/mol. The fourth-order valence-electron chi connectivity index (χ4n) is 3.87. The minimum Gasteiger partial charge on any atom is -0.399 e. The molecular weight excluding hydrogens is 334 g/mol. The van der Waals surface area contributed by atoms with Crippen LogP contribution in [-0.2, 0) is 0 Å². The molecule has 1 aromatic carbocycles. The van der Waals surface area contributed by atoms with Gasteiger partial charge in [-0.2, -0.15) is 15.8 Å². The zero-order valence-corrected chi connectivity index (χ0v) is 14.5. The second kappa shape index (κ2) is 6.26. The molecule has 0 unspecified atom stereocenters. The third-order valence-corrected chi connectivity index (χ3v) is 5.33. The second-order valence-electron chi connectivity index (χ2n) is 6.45. The van der Waals surface area contributed by atoms with E-state index in [2.05, 4.69) is 23.1 Å². The molecule has 6 heteroatoms. The summed E-state index contributed by atoms with van der Waals surface area (Å²) in [5, 5.41) is 30.0. The number of halogens is 1. The summed E-state index contributed by atoms with van der Waals surface area (Å²) in [5.74, 6) is -0.632. The lowest BCUT2D eigenvalue weighted by Gasteiger charge is -2.45. The molecule has 2 aliphatic rings. The quantitative estimate of drug-likeness (QED) is 0.840. The average Bonchev–Trinajstić information content (AvgIpc) is 2.62. The molecule has 0 spiro atoms. The number of rotatable bonds is 1. The molecule has 1 aliphatic heterocycles. The summed E-state index contributed by atoms with van der Waals surface area (Å²) in [6.07, 6.45) is 1.97. The molecule has 3 rings (SSSR count). The van der Waals surface area contributed by atoms with Crippen LogP contribution in [0.25, 0.3) is 0 Å². The number of nitrogens with zero attached hydrogens (tertiary/aromatic N) is 4. The summed E-state index contributed by atoms with van der Waals surface area (Å²) < 4.78 is 0. The molecule has 5 nitrogen and oxygen atoms in total. The SMILES string of the molecule is CN1CC=C2C(C#N)=C(N)C(C#N)(C#N)[C@H](c3ccc(Cl)cc3)[C@@H]2C1. The van der Waals surface area contributed by atoms with Crippen molar-refractivity contribution in [3.63, 3.8) is 0 Å². The lowest BCUT2D eigenvalue weighted by molar-refractivity contribution is 0.237. The Morgan fingerprint density at radius 2 is 1.84 bits per heavy atom. The monoisotopic (exact) mass is 349 g/mol. The number of likely N-dealkylation sites (N-methyl/N-ethyl adjacent to an activating group) is 1. The molecule has 0 saturated carbocycles. The summed E-state index contributed by atoms with van der Waals surface area (Å²) in [4.78, 5) is 2.10. The molecule has 0 saturated heterocycles. The fourth-order valence-corrected chi connectivity index (χ4v) is 4.00. The summed E-state index contributed by atoms with van der Waals surface area (Å²) in [6.45, 7) is 1.34. The Bertz CT molecular complexity index is 878. The van der Waals surface area contributed by atoms with Gasteiger partial charge in [0.15, 0.2) is 5.41 Å². The Balaban J connectivity index is 2.32. The van der Waals surface area contributed by atoms with Gasteiger partial charge in [-0.25, -0.2) is 0 Å². The van der Waals surface area contributed by atoms with E-state index in [1.165, 1.54) is 0 Å². The van der Waals surface area contributed by atoms with Crippen molar-refractivity contribution in [1.29, 1.82) is 15.8 Å². The number of benzene rings is 1. The number of nitriles is 3. The van der Waals surface area contributed by atoms with Gasteiger partial charge in [-0.3, -0.25) is 0 Å². The molecular formula is C19H16ClN5. The summed E-state index contributed by atoms with van der Waals surface area (Å²) in [6, 6.07) is 13.5. The lowest BCUT2D eigenvalue weighted by Crippen LogP contribution is -2.47. The van der Waals surface area contributed by atoms with E-state index in [-0.39, 0.29) is 17.2 Å². The van der Waals surface area contributed by atoms with E-state index in [1.54, 1.807) is 12.1 Å². The van der Waals surface area contributed by atoms with Crippen LogP contribution >= 0.6 is 11.6 Å². The normalized spacial score (nSPS) is 25.2. The van der Waals surface area contributed by atoms with E-state index in [4.69, 9.17) is 17.3 Å². The Hall–Kier alpha value is -2.78. The third-order valence-electron chi connectivity index (χ3n) is 5.08. The minimum atomic E-state index is -1.58. The Morgan fingerprint density at radius 1 is 1.20 bits per heavy atom. The highest BCUT2D eigenvalue weighted by Gasteiger charge is 2.54. The van der Waals surface area contributed by atoms with Crippen molar-refractivity contribution in [1.82, 2.24) is 4.90 Å². The maximum absolute atomic E-state index is 9.91. The predicted molar refractivity (Wildman–Crippen MR) is 93.7 cm³/mol. The van der Waals surface area contributed by atoms with Crippen LogP contribution in [0.5, 0.6) is 0 Å². The van der Waals surface area contributed by atoms with E-state index in [9.17, 15) is 15.8 Å². The second-order valence-corrected chi connectivity index (χ2v) is 6.88. The molecule has 1 aromatic rings. The van der Waals surface area contributed by atoms with Gasteiger partial charge in [0, 0.05) is 29.9 Å². The fraction of sp³-hybridized carbons (Fsp3) is 0.316. The Kier molecular flexibility index (Phi) is 4.27. The van der Waals surface area contributed by atoms with Crippen molar-refractivity contribution in [2.24, 2.45) is 17.1 Å². The van der Waals surface area contributed by atoms with Gasteiger partial charge in [-0.1, -0.05) is 29.8 Å². The van der Waals surface area contributed by atoms with Crippen molar-refractivity contribution in [2.75, 3.05) is 20.1 Å². The number of fused-ring (bicyclic) bond motifs is 1. The first kappa shape index (κ1) is 17.1. The van der Waals surface area contributed by atoms with Crippen molar-refractivity contribution in [2.45, 2.75) is 5.92 Å². The van der Waals surface area contributed by atoms with Crippen LogP contribution < -0.4 is 5.73 Å². The van der Waals surface area contributed by atoms with E-state index in [1.807, 2.05) is 25.3 Å². The minimum absolute atomic E-state index is 0.0482. The number of hydrogen-bond donors (Lipinski definition) is 1. The summed E-state index contributed by atoms with van der Waals surface area (Å²) >= 11 is 6.00. The zero-order valence-electron chi connectivity index (χ0n) is 13.7. The summed E-state index contributed by atoms with van der Waals surface area (Å²) in [5.41, 5.74) is 6.61. The molecule has 0 fully saturated rings. The van der Waals surface area contributed by atoms with Crippen LogP contribution in [0.2, 0.25) is 5.02 Å². The van der Waals surface area contributed by atoms with Gasteiger partial charge in [0.2, 0.25) is 0 Å². The lowest BCUT2D eigenvalue weighted by atomic mass is 9.58. The molecule has 0 bridgehead atoms. The van der Waals surface area contributed by atoms with Gasteiger partial charge < -0.3 is 10.6 Å². The van der Waals surface area contributed by atoms with Crippen molar-refractivity contribution in [3.05, 3.63) is 57.8 Å². The Labute approximate surface area is 151 Å². The third kappa shape index (κ3) is 2.48. The van der Waals surface area contributed by atoms with Crippen molar-refractivity contribution >= 4 is 11.6 Å². The largest absolute Gasteiger partial charge is 0.399 e. The summed E-state index contributed by atoms with van der Waals surface area (Å²) in [7, 11) is 1.97. The van der Waals surface area contributed by atoms with Gasteiger partial charge in [-0.05, 0) is 30.3 Å². The first-order valence-electron chi connectivity index (χ1n) is 7.85. The smallest absolute Gasteiger partial charge is 0.191 e. The van der Waals surface area contributed by atoms with Gasteiger partial charge in [0.1, 0.15) is 6.07 Å². The highest BCUT2D eigenvalue weighted by atomic mass is 35.5. The van der Waals surface area contributed by atoms with Crippen LogP contribution in [-0.4, -0.2) is 25.0 Å². The molecule has 1 heterocycles. The first-order chi connectivity index (χ1) is 12.0. The number of nitrogens with two attached hydrogens (primary N) is 1. The van der Waals surface area contributed by atoms with Gasteiger partial charge in [0.05, 0.1) is 23.4 Å². The molecule has 1 aliphatic carbocycles. The van der Waals surface area contributed by atoms with Crippen LogP contribution in [0.4, 0.5) is 0 Å². The van der Waals surface area contributed by atoms with Crippen LogP contribution in [0.15, 0.2) is 47.2 Å². The highest BCUT2D eigenvalue weighted by Crippen LogP contribution is 2.54. The van der Waals surface area contributed by atoms with Gasteiger partial charge in [-0.15, -0.1) is 0 Å². The molecule has 2 N–H and O–H groups in total. The van der Waals surface area contributed by atoms with Crippen LogP contribution in [0, 0.1) is 45.3 Å². The first-order valence-corrected chi connectivity index (χ1v) is 8.23. The standard InChI is InChI=1S/C19H16ClN5/c1-25-7-6-14-15(8-21)18(24)19(10-22,11-23)17(16(14)9-25)12-2-4-13(20)5-3-12/h2-6,16-17H,7,9,24H2,1H3/t16-,17-/m1/s1. The highest BCUT2D eigenvalue weighted by molar-refractivity contribution is 6.30. The maximum atomic E-state index is 9.91. The maximum Gasteiger partial charge on any atom is 0.191 e. The topological polar surface area (TPSA) is 101 Å².